The molecule has 0 fully saturated rings. The number of nitrogens with zero attached hydrogens (tertiary/aromatic N) is 1. The number of nitro groups is 1. The smallest absolute Gasteiger partial charge is 0.269 e. The van der Waals surface area contributed by atoms with Crippen LogP contribution in [0.25, 0.3) is 0 Å². The molecule has 2 aromatic rings. The number of nitrogens with one attached hydrogen (secondary N) is 1. The fourth-order valence-electron chi connectivity index (χ4n) is 1.98. The van der Waals surface area contributed by atoms with Crippen LogP contribution in [-0.2, 0) is 0 Å². The number of nitro benzene ring substituents is 1. The highest BCUT2D eigenvalue weighted by Gasteiger charge is 2.11. The van der Waals surface area contributed by atoms with E-state index in [1.54, 1.807) is 19.1 Å². The van der Waals surface area contributed by atoms with Crippen LogP contribution in [0.2, 0.25) is 0 Å². The van der Waals surface area contributed by atoms with Gasteiger partial charge in [-0.15, -0.1) is 0 Å². The molecule has 0 saturated heterocycles. The zero-order valence-electron chi connectivity index (χ0n) is 12.1. The summed E-state index contributed by atoms with van der Waals surface area (Å²) in [5.74, 6) is -0.227. The molecule has 1 N–H and O–H groups in total. The summed E-state index contributed by atoms with van der Waals surface area (Å²) < 4.78 is 0. The number of aryl methyl sites for hydroxylation is 3. The van der Waals surface area contributed by atoms with Crippen molar-refractivity contribution in [2.45, 2.75) is 20.8 Å². The van der Waals surface area contributed by atoms with Gasteiger partial charge in [-0.25, -0.2) is 0 Å². The molecule has 0 atom stereocenters. The molecule has 0 heterocycles. The fraction of sp³-hybridized carbons (Fsp3) is 0.188. The second-order valence-corrected chi connectivity index (χ2v) is 5.01. The first-order valence-corrected chi connectivity index (χ1v) is 6.52. The second-order valence-electron chi connectivity index (χ2n) is 5.01. The van der Waals surface area contributed by atoms with Crippen molar-refractivity contribution >= 4 is 17.3 Å². The van der Waals surface area contributed by atoms with Crippen molar-refractivity contribution in [2.75, 3.05) is 5.32 Å². The van der Waals surface area contributed by atoms with Crippen molar-refractivity contribution in [1.82, 2.24) is 0 Å². The number of benzene rings is 2. The van der Waals surface area contributed by atoms with Gasteiger partial charge in [0.05, 0.1) is 4.92 Å². The van der Waals surface area contributed by atoms with Crippen LogP contribution in [-0.4, -0.2) is 10.8 Å². The van der Waals surface area contributed by atoms with Crippen molar-refractivity contribution in [2.24, 2.45) is 0 Å². The Morgan fingerprint density at radius 1 is 1.00 bits per heavy atom. The fourth-order valence-corrected chi connectivity index (χ4v) is 1.98. The van der Waals surface area contributed by atoms with Gasteiger partial charge in [0.25, 0.3) is 11.6 Å². The van der Waals surface area contributed by atoms with Crippen LogP contribution < -0.4 is 5.32 Å². The number of rotatable bonds is 3. The highest BCUT2D eigenvalue weighted by atomic mass is 16.6. The lowest BCUT2D eigenvalue weighted by molar-refractivity contribution is -0.384. The minimum Gasteiger partial charge on any atom is -0.322 e. The Morgan fingerprint density at radius 2 is 1.71 bits per heavy atom. The third-order valence-corrected chi connectivity index (χ3v) is 3.44. The first kappa shape index (κ1) is 14.7. The topological polar surface area (TPSA) is 72.2 Å². The van der Waals surface area contributed by atoms with Crippen LogP contribution in [0.1, 0.15) is 27.0 Å². The van der Waals surface area contributed by atoms with E-state index in [1.807, 2.05) is 26.0 Å². The van der Waals surface area contributed by atoms with E-state index in [-0.39, 0.29) is 11.6 Å². The average Bonchev–Trinajstić information content (AvgIpc) is 2.43. The molecule has 0 aromatic heterocycles. The molecule has 0 spiro atoms. The first-order valence-electron chi connectivity index (χ1n) is 6.52. The second kappa shape index (κ2) is 5.75. The lowest BCUT2D eigenvalue weighted by Crippen LogP contribution is -2.13. The molecule has 0 bridgehead atoms. The molecule has 5 nitrogen and oxygen atoms in total. The summed E-state index contributed by atoms with van der Waals surface area (Å²) >= 11 is 0. The molecule has 108 valence electrons. The highest BCUT2D eigenvalue weighted by molar-refractivity contribution is 6.04. The van der Waals surface area contributed by atoms with Crippen molar-refractivity contribution in [3.63, 3.8) is 0 Å². The van der Waals surface area contributed by atoms with Crippen LogP contribution in [0, 0.1) is 30.9 Å². The van der Waals surface area contributed by atoms with E-state index in [4.69, 9.17) is 0 Å². The molecular weight excluding hydrogens is 268 g/mol. The SMILES string of the molecule is Cc1ccc(C(=O)Nc2ccc([N+](=O)[O-])cc2C)cc1C. The molecule has 0 radical (unpaired) electrons. The Labute approximate surface area is 122 Å². The summed E-state index contributed by atoms with van der Waals surface area (Å²) in [6, 6.07) is 9.85. The maximum atomic E-state index is 12.2. The van der Waals surface area contributed by atoms with Crippen LogP contribution in [0.3, 0.4) is 0 Å². The summed E-state index contributed by atoms with van der Waals surface area (Å²) in [5, 5.41) is 13.5. The molecule has 21 heavy (non-hydrogen) atoms. The number of non-ortho nitro benzene ring substituents is 1. The normalized spacial score (nSPS) is 10.2. The zero-order valence-corrected chi connectivity index (χ0v) is 12.1. The van der Waals surface area contributed by atoms with E-state index in [2.05, 4.69) is 5.32 Å². The summed E-state index contributed by atoms with van der Waals surface area (Å²) in [6.45, 7) is 5.66. The molecule has 2 rings (SSSR count). The summed E-state index contributed by atoms with van der Waals surface area (Å²) in [4.78, 5) is 22.4. The van der Waals surface area contributed by atoms with Crippen molar-refractivity contribution in [3.8, 4) is 0 Å². The number of amides is 1. The quantitative estimate of drug-likeness (QED) is 0.688. The van der Waals surface area contributed by atoms with Gasteiger partial charge in [0.15, 0.2) is 0 Å². The minimum atomic E-state index is -0.456. The van der Waals surface area contributed by atoms with E-state index in [0.717, 1.165) is 11.1 Å². The lowest BCUT2D eigenvalue weighted by atomic mass is 10.1. The highest BCUT2D eigenvalue weighted by Crippen LogP contribution is 2.22. The Morgan fingerprint density at radius 3 is 2.29 bits per heavy atom. The third-order valence-electron chi connectivity index (χ3n) is 3.44. The molecule has 2 aromatic carbocycles. The number of carbonyl (C=O) groups excluding carboxylic acids is 1. The van der Waals surface area contributed by atoms with Crippen molar-refractivity contribution < 1.29 is 9.72 Å². The average molecular weight is 284 g/mol. The Hall–Kier alpha value is -2.69. The zero-order chi connectivity index (χ0) is 15.6. The van der Waals surface area contributed by atoms with Crippen molar-refractivity contribution in [1.29, 1.82) is 0 Å². The predicted molar refractivity (Wildman–Crippen MR) is 81.7 cm³/mol. The van der Waals surface area contributed by atoms with Gasteiger partial charge in [-0.05, 0) is 55.7 Å². The third kappa shape index (κ3) is 3.25. The molecule has 1 amide bonds. The summed E-state index contributed by atoms with van der Waals surface area (Å²) in [6.07, 6.45) is 0. The molecule has 5 heteroatoms. The largest absolute Gasteiger partial charge is 0.322 e. The van der Waals surface area contributed by atoms with E-state index in [9.17, 15) is 14.9 Å². The van der Waals surface area contributed by atoms with Gasteiger partial charge >= 0.3 is 0 Å². The van der Waals surface area contributed by atoms with Crippen LogP contribution in [0.5, 0.6) is 0 Å². The Balaban J connectivity index is 2.23. The van der Waals surface area contributed by atoms with Gasteiger partial charge in [-0.2, -0.15) is 0 Å². The molecule has 0 aliphatic rings. The van der Waals surface area contributed by atoms with E-state index in [0.29, 0.717) is 16.8 Å². The number of hydrogen-bond donors (Lipinski definition) is 1. The Bertz CT molecular complexity index is 723. The van der Waals surface area contributed by atoms with E-state index >= 15 is 0 Å². The van der Waals surface area contributed by atoms with E-state index < -0.39 is 4.92 Å². The first-order chi connectivity index (χ1) is 9.88. The van der Waals surface area contributed by atoms with Gasteiger partial charge in [-0.1, -0.05) is 6.07 Å². The number of carbonyl (C=O) groups is 1. The predicted octanol–water partition coefficient (Wildman–Crippen LogP) is 3.77. The van der Waals surface area contributed by atoms with Gasteiger partial charge in [0, 0.05) is 23.4 Å². The molecular formula is C16H16N2O3. The molecule has 0 aliphatic heterocycles. The van der Waals surface area contributed by atoms with Crippen LogP contribution in [0.15, 0.2) is 36.4 Å². The molecule has 0 saturated carbocycles. The van der Waals surface area contributed by atoms with Gasteiger partial charge in [-0.3, -0.25) is 14.9 Å². The van der Waals surface area contributed by atoms with Gasteiger partial charge in [0.2, 0.25) is 0 Å². The number of anilines is 1. The lowest BCUT2D eigenvalue weighted by Gasteiger charge is -2.09. The summed E-state index contributed by atoms with van der Waals surface area (Å²) in [5.41, 5.74) is 3.97. The van der Waals surface area contributed by atoms with Gasteiger partial charge < -0.3 is 5.32 Å². The van der Waals surface area contributed by atoms with Crippen LogP contribution in [0.4, 0.5) is 11.4 Å². The van der Waals surface area contributed by atoms with Crippen LogP contribution >= 0.6 is 0 Å². The maximum Gasteiger partial charge on any atom is 0.269 e. The minimum absolute atomic E-state index is 0.0108. The Kier molecular flexibility index (Phi) is 4.03. The molecule has 0 unspecified atom stereocenters. The monoisotopic (exact) mass is 284 g/mol. The standard InChI is InChI=1S/C16H16N2O3/c1-10-4-5-13(8-11(10)2)16(19)17-15-7-6-14(18(20)21)9-12(15)3/h4-9H,1-3H3,(H,17,19). The number of hydrogen-bond acceptors (Lipinski definition) is 3. The molecule has 0 aliphatic carbocycles. The summed E-state index contributed by atoms with van der Waals surface area (Å²) in [7, 11) is 0. The van der Waals surface area contributed by atoms with Crippen molar-refractivity contribution in [3.05, 3.63) is 68.8 Å². The maximum absolute atomic E-state index is 12.2. The van der Waals surface area contributed by atoms with Gasteiger partial charge in [0.1, 0.15) is 0 Å². The van der Waals surface area contributed by atoms with E-state index in [1.165, 1.54) is 12.1 Å².